The monoisotopic (exact) mass is 438 g/mol. The Morgan fingerprint density at radius 2 is 1.17 bits per heavy atom. The molecule has 0 atom stereocenters. The molecule has 0 spiro atoms. The van der Waals surface area contributed by atoms with Gasteiger partial charge in [0.1, 0.15) is 4.75 Å². The van der Waals surface area contributed by atoms with E-state index >= 15 is 0 Å². The number of benzene rings is 1. The van der Waals surface area contributed by atoms with E-state index in [0.717, 1.165) is 24.0 Å². The first-order chi connectivity index (χ1) is 14.3. The third kappa shape index (κ3) is 9.96. The van der Waals surface area contributed by atoms with Gasteiger partial charge in [0, 0.05) is 0 Å². The fraction of sp³-hybridized carbons (Fsp3) is 0.769. The summed E-state index contributed by atoms with van der Waals surface area (Å²) in [6.45, 7) is 7.96. The zero-order valence-corrected chi connectivity index (χ0v) is 20.9. The van der Waals surface area contributed by atoms with Crippen molar-refractivity contribution in [3.8, 4) is 0 Å². The second-order valence-corrected chi connectivity index (χ2v) is 11.4. The minimum Gasteiger partial charge on any atom is -0.269 e. The second kappa shape index (κ2) is 15.0. The van der Waals surface area contributed by atoms with Crippen molar-refractivity contribution < 1.29 is 12.6 Å². The molecule has 0 saturated heterocycles. The predicted molar refractivity (Wildman–Crippen MR) is 129 cm³/mol. The molecule has 0 amide bonds. The lowest BCUT2D eigenvalue weighted by Gasteiger charge is -2.26. The standard InChI is InChI=1S/C26H46O3S/c1-5-6-7-8-9-10-11-12-13-14-15-16-17-20-23-29-30(27,28)26(3,4)25-22-19-18-21-24(25)2/h18-19,21-22H,5-17,20,23H2,1-4H3. The molecule has 4 heteroatoms. The van der Waals surface area contributed by atoms with E-state index in [1.54, 1.807) is 13.8 Å². The molecule has 0 N–H and O–H groups in total. The molecule has 1 aromatic rings. The van der Waals surface area contributed by atoms with E-state index < -0.39 is 14.9 Å². The molecule has 174 valence electrons. The van der Waals surface area contributed by atoms with Gasteiger partial charge < -0.3 is 0 Å². The molecule has 0 aliphatic carbocycles. The molecule has 1 aromatic carbocycles. The van der Waals surface area contributed by atoms with Gasteiger partial charge in [-0.2, -0.15) is 8.42 Å². The quantitative estimate of drug-likeness (QED) is 0.172. The van der Waals surface area contributed by atoms with Crippen LogP contribution in [0.15, 0.2) is 24.3 Å². The number of hydrogen-bond donors (Lipinski definition) is 0. The van der Waals surface area contributed by atoms with Crippen LogP contribution in [-0.2, 0) is 19.0 Å². The van der Waals surface area contributed by atoms with Crippen molar-refractivity contribution in [2.24, 2.45) is 0 Å². The number of aryl methyl sites for hydroxylation is 1. The van der Waals surface area contributed by atoms with Gasteiger partial charge in [0.05, 0.1) is 6.61 Å². The highest BCUT2D eigenvalue weighted by atomic mass is 32.2. The lowest BCUT2D eigenvalue weighted by molar-refractivity contribution is 0.292. The molecule has 0 radical (unpaired) electrons. The van der Waals surface area contributed by atoms with Gasteiger partial charge in [-0.1, -0.05) is 115 Å². The van der Waals surface area contributed by atoms with Crippen molar-refractivity contribution in [2.75, 3.05) is 6.61 Å². The Labute approximate surface area is 187 Å². The minimum atomic E-state index is -3.65. The van der Waals surface area contributed by atoms with Crippen molar-refractivity contribution in [1.29, 1.82) is 0 Å². The van der Waals surface area contributed by atoms with Crippen LogP contribution >= 0.6 is 0 Å². The van der Waals surface area contributed by atoms with Crippen LogP contribution in [0.1, 0.15) is 122 Å². The van der Waals surface area contributed by atoms with Gasteiger partial charge in [-0.3, -0.25) is 4.18 Å². The molecular formula is C26H46O3S. The summed E-state index contributed by atoms with van der Waals surface area (Å²) in [5, 5.41) is 0. The van der Waals surface area contributed by atoms with Gasteiger partial charge in [-0.15, -0.1) is 0 Å². The van der Waals surface area contributed by atoms with E-state index in [2.05, 4.69) is 6.92 Å². The number of rotatable bonds is 18. The first-order valence-corrected chi connectivity index (χ1v) is 13.7. The van der Waals surface area contributed by atoms with E-state index in [1.165, 1.54) is 77.0 Å². The fourth-order valence-corrected chi connectivity index (χ4v) is 5.13. The Kier molecular flexibility index (Phi) is 13.6. The third-order valence-corrected chi connectivity index (χ3v) is 8.10. The Bertz CT molecular complexity index is 665. The average Bonchev–Trinajstić information content (AvgIpc) is 2.71. The summed E-state index contributed by atoms with van der Waals surface area (Å²) in [5.74, 6) is 0. The van der Waals surface area contributed by atoms with E-state index in [0.29, 0.717) is 0 Å². The van der Waals surface area contributed by atoms with Crippen LogP contribution in [0.5, 0.6) is 0 Å². The number of unbranched alkanes of at least 4 members (excludes halogenated alkanes) is 13. The molecule has 0 aliphatic rings. The van der Waals surface area contributed by atoms with Crippen LogP contribution in [0.4, 0.5) is 0 Å². The van der Waals surface area contributed by atoms with Crippen molar-refractivity contribution in [3.63, 3.8) is 0 Å². The smallest absolute Gasteiger partial charge is 0.269 e. The van der Waals surface area contributed by atoms with E-state index in [4.69, 9.17) is 4.18 Å². The average molecular weight is 439 g/mol. The van der Waals surface area contributed by atoms with Crippen LogP contribution in [0.2, 0.25) is 0 Å². The lowest BCUT2D eigenvalue weighted by Crippen LogP contribution is -2.32. The Hall–Kier alpha value is -0.870. The van der Waals surface area contributed by atoms with E-state index in [1.807, 2.05) is 31.2 Å². The molecule has 0 heterocycles. The van der Waals surface area contributed by atoms with Crippen LogP contribution in [0.25, 0.3) is 0 Å². The third-order valence-electron chi connectivity index (χ3n) is 6.16. The SMILES string of the molecule is CCCCCCCCCCCCCCCCOS(=O)(=O)C(C)(C)c1ccccc1C. The maximum atomic E-state index is 12.7. The zero-order valence-electron chi connectivity index (χ0n) is 20.0. The van der Waals surface area contributed by atoms with Gasteiger partial charge in [0.25, 0.3) is 10.1 Å². The van der Waals surface area contributed by atoms with Crippen LogP contribution in [0.3, 0.4) is 0 Å². The topological polar surface area (TPSA) is 43.4 Å². The highest BCUT2D eigenvalue weighted by molar-refractivity contribution is 7.87. The van der Waals surface area contributed by atoms with Crippen molar-refractivity contribution >= 4 is 10.1 Å². The van der Waals surface area contributed by atoms with E-state index in [-0.39, 0.29) is 6.61 Å². The molecule has 0 aromatic heterocycles. The zero-order chi connectivity index (χ0) is 22.3. The molecule has 30 heavy (non-hydrogen) atoms. The Morgan fingerprint density at radius 3 is 1.63 bits per heavy atom. The summed E-state index contributed by atoms with van der Waals surface area (Å²) in [4.78, 5) is 0. The number of hydrogen-bond acceptors (Lipinski definition) is 3. The van der Waals surface area contributed by atoms with Crippen molar-refractivity contribution in [2.45, 2.75) is 122 Å². The normalized spacial score (nSPS) is 12.4. The molecule has 0 aliphatic heterocycles. The van der Waals surface area contributed by atoms with Crippen molar-refractivity contribution in [3.05, 3.63) is 35.4 Å². The van der Waals surface area contributed by atoms with Gasteiger partial charge in [0.2, 0.25) is 0 Å². The van der Waals surface area contributed by atoms with Gasteiger partial charge in [-0.05, 0) is 38.3 Å². The largest absolute Gasteiger partial charge is 0.276 e. The summed E-state index contributed by atoms with van der Waals surface area (Å²) in [6, 6.07) is 7.63. The first kappa shape index (κ1) is 27.2. The van der Waals surface area contributed by atoms with Crippen LogP contribution in [0, 0.1) is 6.92 Å². The maximum Gasteiger partial charge on any atom is 0.276 e. The first-order valence-electron chi connectivity index (χ1n) is 12.3. The van der Waals surface area contributed by atoms with Crippen LogP contribution in [-0.4, -0.2) is 15.0 Å². The minimum absolute atomic E-state index is 0.287. The highest BCUT2D eigenvalue weighted by Gasteiger charge is 2.38. The summed E-state index contributed by atoms with van der Waals surface area (Å²) < 4.78 is 29.8. The summed E-state index contributed by atoms with van der Waals surface area (Å²) >= 11 is 0. The van der Waals surface area contributed by atoms with E-state index in [9.17, 15) is 8.42 Å². The molecule has 0 unspecified atom stereocenters. The fourth-order valence-electron chi connectivity index (χ4n) is 4.00. The van der Waals surface area contributed by atoms with Crippen LogP contribution < -0.4 is 0 Å². The van der Waals surface area contributed by atoms with Gasteiger partial charge in [-0.25, -0.2) is 0 Å². The molecule has 1 rings (SSSR count). The summed E-state index contributed by atoms with van der Waals surface area (Å²) in [6.07, 6.45) is 18.0. The highest BCUT2D eigenvalue weighted by Crippen LogP contribution is 2.33. The summed E-state index contributed by atoms with van der Waals surface area (Å²) in [7, 11) is -3.65. The molecule has 0 bridgehead atoms. The van der Waals surface area contributed by atoms with Gasteiger partial charge in [0.15, 0.2) is 0 Å². The molecule has 0 saturated carbocycles. The van der Waals surface area contributed by atoms with Gasteiger partial charge >= 0.3 is 0 Å². The maximum absolute atomic E-state index is 12.7. The molecular weight excluding hydrogens is 392 g/mol. The Morgan fingerprint density at radius 1 is 0.733 bits per heavy atom. The predicted octanol–water partition coefficient (Wildman–Crippen LogP) is 8.06. The molecule has 3 nitrogen and oxygen atoms in total. The second-order valence-electron chi connectivity index (χ2n) is 9.20. The Balaban J connectivity index is 2.08. The molecule has 0 fully saturated rings. The van der Waals surface area contributed by atoms with Crippen molar-refractivity contribution in [1.82, 2.24) is 0 Å². The lowest BCUT2D eigenvalue weighted by atomic mass is 9.97. The summed E-state index contributed by atoms with van der Waals surface area (Å²) in [5.41, 5.74) is 1.79.